The van der Waals surface area contributed by atoms with Gasteiger partial charge in [0, 0.05) is 33.0 Å². The molecule has 4 nitrogen and oxygen atoms in total. The molecule has 4 heteroatoms. The maximum absolute atomic E-state index is 7.02. The number of hydrogen-bond acceptors (Lipinski definition) is 4. The minimum Gasteiger partial charge on any atom is -0.456 e. The van der Waals surface area contributed by atoms with Crippen molar-refractivity contribution in [3.05, 3.63) is 174 Å². The van der Waals surface area contributed by atoms with Crippen molar-refractivity contribution in [2.24, 2.45) is 0 Å². The summed E-state index contributed by atoms with van der Waals surface area (Å²) in [5.74, 6) is 3.11. The van der Waals surface area contributed by atoms with Gasteiger partial charge in [-0.2, -0.15) is 0 Å². The molecule has 284 valence electrons. The lowest BCUT2D eigenvalue weighted by molar-refractivity contribution is 0.477. The number of unbranched alkanes of at least 4 members (excludes halogenated alkanes) is 3. The number of rotatable bonds is 10. The van der Waals surface area contributed by atoms with Crippen molar-refractivity contribution in [1.82, 2.24) is 0 Å². The Morgan fingerprint density at radius 2 is 0.966 bits per heavy atom. The first-order valence-electron chi connectivity index (χ1n) is 20.6. The quantitative estimate of drug-likeness (QED) is 0.130. The van der Waals surface area contributed by atoms with Crippen LogP contribution in [0.25, 0.3) is 66.8 Å². The highest BCUT2D eigenvalue weighted by Crippen LogP contribution is 2.57. The Hall–Kier alpha value is -6.78. The van der Waals surface area contributed by atoms with Gasteiger partial charge in [-0.05, 0) is 127 Å². The molecule has 0 N–H and O–H groups in total. The van der Waals surface area contributed by atoms with Crippen LogP contribution in [-0.2, 0) is 6.42 Å². The van der Waals surface area contributed by atoms with Crippen molar-refractivity contribution in [3.8, 4) is 56.4 Å². The van der Waals surface area contributed by atoms with Crippen LogP contribution in [0.1, 0.15) is 49.3 Å². The molecular formula is C54H45NO3. The lowest BCUT2D eigenvalue weighted by Gasteiger charge is -2.36. The van der Waals surface area contributed by atoms with Crippen LogP contribution in [0, 0.1) is 13.8 Å². The van der Waals surface area contributed by atoms with Crippen LogP contribution in [-0.4, -0.2) is 0 Å². The van der Waals surface area contributed by atoms with Gasteiger partial charge in [-0.1, -0.05) is 111 Å². The largest absolute Gasteiger partial charge is 0.456 e. The predicted octanol–water partition coefficient (Wildman–Crippen LogP) is 16.2. The van der Waals surface area contributed by atoms with E-state index in [-0.39, 0.29) is 0 Å². The Bertz CT molecular complexity index is 2710. The molecule has 9 aromatic rings. The summed E-state index contributed by atoms with van der Waals surface area (Å²) < 4.78 is 19.8. The van der Waals surface area contributed by atoms with Gasteiger partial charge in [0.15, 0.2) is 11.5 Å². The Labute approximate surface area is 340 Å². The van der Waals surface area contributed by atoms with Gasteiger partial charge >= 0.3 is 0 Å². The number of fused-ring (bicyclic) bond motifs is 4. The molecule has 0 bridgehead atoms. The minimum atomic E-state index is 0.752. The third kappa shape index (κ3) is 6.45. The highest BCUT2D eigenvalue weighted by atomic mass is 16.5. The topological polar surface area (TPSA) is 38.8 Å². The van der Waals surface area contributed by atoms with E-state index in [1.165, 1.54) is 58.2 Å². The van der Waals surface area contributed by atoms with Crippen LogP contribution >= 0.6 is 0 Å². The fourth-order valence-corrected chi connectivity index (χ4v) is 8.60. The Kier molecular flexibility index (Phi) is 9.18. The van der Waals surface area contributed by atoms with Gasteiger partial charge in [-0.15, -0.1) is 0 Å². The highest BCUT2D eigenvalue weighted by Gasteiger charge is 2.32. The van der Waals surface area contributed by atoms with Gasteiger partial charge in [-0.25, -0.2) is 0 Å². The first kappa shape index (κ1) is 35.6. The highest BCUT2D eigenvalue weighted by molar-refractivity contribution is 6.02. The summed E-state index contributed by atoms with van der Waals surface area (Å²) in [5, 5.41) is 2.14. The third-order valence-electron chi connectivity index (χ3n) is 11.6. The second-order valence-corrected chi connectivity index (χ2v) is 15.6. The normalized spacial score (nSPS) is 12.2. The second-order valence-electron chi connectivity index (χ2n) is 15.6. The first-order valence-corrected chi connectivity index (χ1v) is 20.6. The van der Waals surface area contributed by atoms with Crippen LogP contribution < -0.4 is 9.64 Å². The van der Waals surface area contributed by atoms with Crippen molar-refractivity contribution in [2.75, 3.05) is 4.90 Å². The number of ether oxygens (including phenoxy) is 1. The van der Waals surface area contributed by atoms with Crippen LogP contribution in [0.2, 0.25) is 0 Å². The van der Waals surface area contributed by atoms with Crippen LogP contribution in [0.3, 0.4) is 0 Å². The van der Waals surface area contributed by atoms with E-state index in [4.69, 9.17) is 13.6 Å². The van der Waals surface area contributed by atoms with Crippen LogP contribution in [0.5, 0.6) is 11.5 Å². The molecular weight excluding hydrogens is 711 g/mol. The molecule has 58 heavy (non-hydrogen) atoms. The molecule has 0 saturated heterocycles. The molecule has 1 aliphatic rings. The number of benzene rings is 7. The smallest absolute Gasteiger partial charge is 0.152 e. The van der Waals surface area contributed by atoms with Crippen molar-refractivity contribution < 1.29 is 13.6 Å². The average molecular weight is 756 g/mol. The van der Waals surface area contributed by atoms with Gasteiger partial charge in [0.05, 0.1) is 17.1 Å². The molecule has 0 fully saturated rings. The van der Waals surface area contributed by atoms with Gasteiger partial charge in [-0.3, -0.25) is 0 Å². The number of para-hydroxylation sites is 2. The van der Waals surface area contributed by atoms with Crippen LogP contribution in [0.15, 0.2) is 167 Å². The number of hydrogen-bond donors (Lipinski definition) is 0. The van der Waals surface area contributed by atoms with Gasteiger partial charge in [0.25, 0.3) is 0 Å². The van der Waals surface area contributed by atoms with Crippen molar-refractivity contribution in [3.63, 3.8) is 0 Å². The molecule has 0 atom stereocenters. The Morgan fingerprint density at radius 3 is 1.47 bits per heavy atom. The zero-order valence-electron chi connectivity index (χ0n) is 33.2. The summed E-state index contributed by atoms with van der Waals surface area (Å²) in [7, 11) is 0. The number of aryl methyl sites for hydroxylation is 3. The van der Waals surface area contributed by atoms with Crippen molar-refractivity contribution in [2.45, 2.75) is 52.9 Å². The lowest BCUT2D eigenvalue weighted by atomic mass is 9.87. The monoisotopic (exact) mass is 755 g/mol. The Balaban J connectivity index is 1.23. The van der Waals surface area contributed by atoms with E-state index in [2.05, 4.69) is 147 Å². The molecule has 10 rings (SSSR count). The van der Waals surface area contributed by atoms with E-state index in [9.17, 15) is 0 Å². The second kappa shape index (κ2) is 14.9. The molecule has 0 unspecified atom stereocenters. The molecule has 3 heterocycles. The maximum atomic E-state index is 7.02. The van der Waals surface area contributed by atoms with E-state index >= 15 is 0 Å². The van der Waals surface area contributed by atoms with Gasteiger partial charge in [0.2, 0.25) is 0 Å². The summed E-state index contributed by atoms with van der Waals surface area (Å²) in [4.78, 5) is 2.43. The molecule has 7 aromatic carbocycles. The number of anilines is 3. The molecule has 0 spiro atoms. The van der Waals surface area contributed by atoms with Crippen LogP contribution in [0.4, 0.5) is 17.1 Å². The zero-order valence-corrected chi connectivity index (χ0v) is 33.2. The molecule has 2 aromatic heterocycles. The fourth-order valence-electron chi connectivity index (χ4n) is 8.60. The predicted molar refractivity (Wildman–Crippen MR) is 240 cm³/mol. The first-order chi connectivity index (χ1) is 28.5. The van der Waals surface area contributed by atoms with Crippen molar-refractivity contribution in [1.29, 1.82) is 0 Å². The molecule has 0 radical (unpaired) electrons. The van der Waals surface area contributed by atoms with E-state index in [1.807, 2.05) is 36.4 Å². The van der Waals surface area contributed by atoms with Crippen molar-refractivity contribution >= 4 is 39.0 Å². The fraction of sp³-hybridized carbons (Fsp3) is 0.148. The summed E-state index contributed by atoms with van der Waals surface area (Å²) in [6.07, 6.45) is 5.87. The lowest BCUT2D eigenvalue weighted by Crippen LogP contribution is -2.18. The van der Waals surface area contributed by atoms with E-state index in [1.54, 1.807) is 0 Å². The molecule has 0 saturated carbocycles. The summed E-state index contributed by atoms with van der Waals surface area (Å²) >= 11 is 0. The third-order valence-corrected chi connectivity index (χ3v) is 11.6. The molecule has 0 amide bonds. The summed E-state index contributed by atoms with van der Waals surface area (Å²) in [6, 6.07) is 55.9. The van der Waals surface area contributed by atoms with E-state index in [0.29, 0.717) is 0 Å². The van der Waals surface area contributed by atoms with E-state index < -0.39 is 0 Å². The standard InChI is InChI=1S/C54H45NO3/c1-4-5-6-7-18-37-29-44(42-21-12-8-16-35(42)2)54(45(30-37)43-22-13-9-17-36(43)3)55-46-27-25-40(50-31-38-19-10-14-23-48(38)56-50)33-52(46)58-53-34-41(26-28-47(53)55)51-32-39-20-11-15-24-49(39)57-51/h8-17,19-34H,4-7,18H2,1-3H3. The number of furan rings is 2. The van der Waals surface area contributed by atoms with Gasteiger partial charge in [0.1, 0.15) is 22.7 Å². The summed E-state index contributed by atoms with van der Waals surface area (Å²) in [5.41, 5.74) is 15.3. The Morgan fingerprint density at radius 1 is 0.466 bits per heavy atom. The number of nitrogens with zero attached hydrogens (tertiary/aromatic N) is 1. The maximum Gasteiger partial charge on any atom is 0.152 e. The van der Waals surface area contributed by atoms with E-state index in [0.717, 1.165) is 86.0 Å². The average Bonchev–Trinajstić information content (AvgIpc) is 3.90. The molecule has 1 aliphatic heterocycles. The van der Waals surface area contributed by atoms with Gasteiger partial charge < -0.3 is 18.5 Å². The zero-order chi connectivity index (χ0) is 39.2. The minimum absolute atomic E-state index is 0.752. The summed E-state index contributed by atoms with van der Waals surface area (Å²) in [6.45, 7) is 6.72. The SMILES string of the molecule is CCCCCCc1cc(-c2ccccc2C)c(N2c3ccc(-c4cc5ccccc5o4)cc3Oc3cc(-c4cc5ccccc5o4)ccc32)c(-c2ccccc2C)c1. The molecule has 0 aliphatic carbocycles.